The van der Waals surface area contributed by atoms with Gasteiger partial charge in [-0.3, -0.25) is 0 Å². The van der Waals surface area contributed by atoms with Crippen molar-refractivity contribution in [2.24, 2.45) is 0 Å². The molecule has 1 aromatic heterocycles. The molecule has 1 N–H and O–H groups in total. The first-order valence-corrected chi connectivity index (χ1v) is 6.21. The van der Waals surface area contributed by atoms with Crippen molar-refractivity contribution in [2.45, 2.75) is 27.3 Å². The molecule has 2 rings (SSSR count). The van der Waals surface area contributed by atoms with E-state index in [4.69, 9.17) is 0 Å². The van der Waals surface area contributed by atoms with Crippen LogP contribution in [0.3, 0.4) is 0 Å². The zero-order valence-corrected chi connectivity index (χ0v) is 10.7. The van der Waals surface area contributed by atoms with Gasteiger partial charge < -0.3 is 5.32 Å². The summed E-state index contributed by atoms with van der Waals surface area (Å²) in [5.74, 6) is 0. The van der Waals surface area contributed by atoms with Gasteiger partial charge in [0.25, 0.3) is 0 Å². The summed E-state index contributed by atoms with van der Waals surface area (Å²) in [7, 11) is 0. The highest BCUT2D eigenvalue weighted by Crippen LogP contribution is 2.20. The maximum Gasteiger partial charge on any atom is 0.0900 e. The molecule has 0 aliphatic heterocycles. The molecule has 84 valence electrons. The molecule has 0 radical (unpaired) electrons. The number of hydrogen-bond acceptors (Lipinski definition) is 3. The molecule has 0 unspecified atom stereocenters. The van der Waals surface area contributed by atoms with Gasteiger partial charge in [-0.25, -0.2) is 4.98 Å². The van der Waals surface area contributed by atoms with Gasteiger partial charge in [0.05, 0.1) is 17.2 Å². The molecular formula is C13H16N2S. The van der Waals surface area contributed by atoms with E-state index in [0.29, 0.717) is 0 Å². The van der Waals surface area contributed by atoms with Crippen LogP contribution in [0, 0.1) is 20.8 Å². The van der Waals surface area contributed by atoms with Crippen molar-refractivity contribution in [1.29, 1.82) is 0 Å². The van der Waals surface area contributed by atoms with Crippen LogP contribution in [0.4, 0.5) is 5.69 Å². The van der Waals surface area contributed by atoms with Crippen molar-refractivity contribution < 1.29 is 0 Å². The van der Waals surface area contributed by atoms with Crippen molar-refractivity contribution in [1.82, 2.24) is 4.98 Å². The van der Waals surface area contributed by atoms with E-state index in [2.05, 4.69) is 55.3 Å². The van der Waals surface area contributed by atoms with Crippen LogP contribution in [0.15, 0.2) is 24.3 Å². The number of aryl methyl sites for hydroxylation is 3. The minimum atomic E-state index is 0.863. The molecule has 0 aliphatic carbocycles. The number of rotatable bonds is 3. The van der Waals surface area contributed by atoms with Crippen LogP contribution < -0.4 is 5.32 Å². The van der Waals surface area contributed by atoms with E-state index < -0.39 is 0 Å². The monoisotopic (exact) mass is 232 g/mol. The Morgan fingerprint density at radius 1 is 1.19 bits per heavy atom. The van der Waals surface area contributed by atoms with Gasteiger partial charge in [-0.15, -0.1) is 11.3 Å². The lowest BCUT2D eigenvalue weighted by Gasteiger charge is -2.08. The van der Waals surface area contributed by atoms with E-state index in [1.807, 2.05) is 0 Å². The Balaban J connectivity index is 2.08. The molecule has 0 bridgehead atoms. The van der Waals surface area contributed by atoms with Crippen molar-refractivity contribution in [3.8, 4) is 0 Å². The third-order valence-corrected chi connectivity index (χ3v) is 3.66. The number of benzene rings is 1. The molecule has 3 heteroatoms. The first-order valence-electron chi connectivity index (χ1n) is 5.39. The van der Waals surface area contributed by atoms with E-state index in [1.54, 1.807) is 11.3 Å². The van der Waals surface area contributed by atoms with Gasteiger partial charge >= 0.3 is 0 Å². The molecule has 1 aromatic carbocycles. The predicted octanol–water partition coefficient (Wildman–Crippen LogP) is 3.68. The highest BCUT2D eigenvalue weighted by molar-refractivity contribution is 7.11. The summed E-state index contributed by atoms with van der Waals surface area (Å²) in [5, 5.41) is 4.59. The van der Waals surface area contributed by atoms with Crippen LogP contribution >= 0.6 is 11.3 Å². The van der Waals surface area contributed by atoms with Gasteiger partial charge in [0.15, 0.2) is 0 Å². The Morgan fingerprint density at radius 2 is 1.94 bits per heavy atom. The second-order valence-electron chi connectivity index (χ2n) is 3.91. The normalized spacial score (nSPS) is 10.4. The lowest BCUT2D eigenvalue weighted by Crippen LogP contribution is -2.00. The van der Waals surface area contributed by atoms with E-state index in [-0.39, 0.29) is 0 Å². The van der Waals surface area contributed by atoms with E-state index >= 15 is 0 Å². The summed E-state index contributed by atoms with van der Waals surface area (Å²) in [6.45, 7) is 7.10. The molecule has 0 saturated heterocycles. The summed E-state index contributed by atoms with van der Waals surface area (Å²) >= 11 is 1.77. The first kappa shape index (κ1) is 11.1. The minimum Gasteiger partial charge on any atom is -0.380 e. The molecule has 0 atom stereocenters. The summed E-state index contributed by atoms with van der Waals surface area (Å²) in [5.41, 5.74) is 3.62. The topological polar surface area (TPSA) is 24.9 Å². The fourth-order valence-electron chi connectivity index (χ4n) is 1.68. The number of hydrogen-bond donors (Lipinski definition) is 1. The van der Waals surface area contributed by atoms with Crippen molar-refractivity contribution >= 4 is 17.0 Å². The van der Waals surface area contributed by atoms with Crippen LogP contribution in [-0.2, 0) is 6.54 Å². The second kappa shape index (κ2) is 4.66. The third kappa shape index (κ3) is 2.42. The van der Waals surface area contributed by atoms with Gasteiger partial charge in [0.1, 0.15) is 0 Å². The Kier molecular flexibility index (Phi) is 3.25. The lowest BCUT2D eigenvalue weighted by atomic mass is 10.2. The molecule has 1 heterocycles. The van der Waals surface area contributed by atoms with Crippen LogP contribution in [-0.4, -0.2) is 4.98 Å². The Bertz CT molecular complexity index is 488. The van der Waals surface area contributed by atoms with Crippen LogP contribution in [0.5, 0.6) is 0 Å². The SMILES string of the molecule is Cc1nc(C)c(CNc2ccccc2C)s1. The Hall–Kier alpha value is -1.35. The average molecular weight is 232 g/mol. The summed E-state index contributed by atoms with van der Waals surface area (Å²) in [6, 6.07) is 8.34. The van der Waals surface area contributed by atoms with Gasteiger partial charge in [0.2, 0.25) is 0 Å². The molecule has 0 saturated carbocycles. The summed E-state index contributed by atoms with van der Waals surface area (Å²) in [4.78, 5) is 5.74. The average Bonchev–Trinajstić information content (AvgIpc) is 2.56. The molecule has 0 fully saturated rings. The highest BCUT2D eigenvalue weighted by Gasteiger charge is 2.04. The summed E-state index contributed by atoms with van der Waals surface area (Å²) < 4.78 is 0. The van der Waals surface area contributed by atoms with Crippen LogP contribution in [0.25, 0.3) is 0 Å². The Morgan fingerprint density at radius 3 is 2.56 bits per heavy atom. The van der Waals surface area contributed by atoms with Gasteiger partial charge in [-0.1, -0.05) is 18.2 Å². The molecular weight excluding hydrogens is 216 g/mol. The summed E-state index contributed by atoms with van der Waals surface area (Å²) in [6.07, 6.45) is 0. The minimum absolute atomic E-state index is 0.863. The van der Waals surface area contributed by atoms with Crippen molar-refractivity contribution in [3.05, 3.63) is 45.4 Å². The zero-order chi connectivity index (χ0) is 11.5. The smallest absolute Gasteiger partial charge is 0.0900 e. The van der Waals surface area contributed by atoms with Gasteiger partial charge in [-0.05, 0) is 32.4 Å². The first-order chi connectivity index (χ1) is 7.66. The van der Waals surface area contributed by atoms with Gasteiger partial charge in [0, 0.05) is 10.6 Å². The lowest BCUT2D eigenvalue weighted by molar-refractivity contribution is 1.10. The molecule has 0 aliphatic rings. The maximum absolute atomic E-state index is 4.42. The van der Waals surface area contributed by atoms with E-state index in [1.165, 1.54) is 16.1 Å². The zero-order valence-electron chi connectivity index (χ0n) is 9.87. The number of thiazole rings is 1. The fourth-order valence-corrected chi connectivity index (χ4v) is 2.56. The quantitative estimate of drug-likeness (QED) is 0.873. The second-order valence-corrected chi connectivity index (χ2v) is 5.20. The maximum atomic E-state index is 4.42. The fraction of sp³-hybridized carbons (Fsp3) is 0.308. The Labute approximate surface area is 100 Å². The molecule has 2 nitrogen and oxygen atoms in total. The highest BCUT2D eigenvalue weighted by atomic mass is 32.1. The molecule has 16 heavy (non-hydrogen) atoms. The standard InChI is InChI=1S/C13H16N2S/c1-9-6-4-5-7-12(9)14-8-13-10(2)15-11(3)16-13/h4-7,14H,8H2,1-3H3. The van der Waals surface area contributed by atoms with E-state index in [9.17, 15) is 0 Å². The number of anilines is 1. The van der Waals surface area contributed by atoms with Gasteiger partial charge in [-0.2, -0.15) is 0 Å². The van der Waals surface area contributed by atoms with Crippen LogP contribution in [0.1, 0.15) is 21.1 Å². The number of para-hydroxylation sites is 1. The molecule has 2 aromatic rings. The number of aromatic nitrogens is 1. The molecule has 0 amide bonds. The largest absolute Gasteiger partial charge is 0.380 e. The third-order valence-electron chi connectivity index (χ3n) is 2.58. The number of nitrogens with zero attached hydrogens (tertiary/aromatic N) is 1. The number of nitrogens with one attached hydrogen (secondary N) is 1. The predicted molar refractivity (Wildman–Crippen MR) is 70.1 cm³/mol. The van der Waals surface area contributed by atoms with Crippen molar-refractivity contribution in [3.63, 3.8) is 0 Å². The van der Waals surface area contributed by atoms with Crippen LogP contribution in [0.2, 0.25) is 0 Å². The van der Waals surface area contributed by atoms with E-state index in [0.717, 1.165) is 17.2 Å². The van der Waals surface area contributed by atoms with Crippen molar-refractivity contribution in [2.75, 3.05) is 5.32 Å². The molecule has 0 spiro atoms.